The predicted octanol–water partition coefficient (Wildman–Crippen LogP) is 2.03. The number of amides is 1. The average molecular weight is 291 g/mol. The SMILES string of the molecule is CCCC(NC(=O)CC(=O)c1cccc(C)c1)C(=O)OC. The Morgan fingerprint density at radius 3 is 2.57 bits per heavy atom. The van der Waals surface area contributed by atoms with Crippen molar-refractivity contribution in [3.05, 3.63) is 35.4 Å². The number of nitrogens with one attached hydrogen (secondary N) is 1. The second-order valence-corrected chi connectivity index (χ2v) is 4.90. The molecule has 1 N–H and O–H groups in total. The number of ether oxygens (including phenoxy) is 1. The average Bonchev–Trinajstić information content (AvgIpc) is 2.45. The van der Waals surface area contributed by atoms with Gasteiger partial charge in [-0.3, -0.25) is 9.59 Å². The van der Waals surface area contributed by atoms with Crippen molar-refractivity contribution in [1.29, 1.82) is 0 Å². The highest BCUT2D eigenvalue weighted by Crippen LogP contribution is 2.07. The van der Waals surface area contributed by atoms with Crippen LogP contribution in [0.4, 0.5) is 0 Å². The van der Waals surface area contributed by atoms with Crippen LogP contribution in [-0.2, 0) is 14.3 Å². The van der Waals surface area contributed by atoms with Crippen molar-refractivity contribution in [1.82, 2.24) is 5.32 Å². The number of esters is 1. The molecule has 0 aromatic heterocycles. The zero-order valence-electron chi connectivity index (χ0n) is 12.6. The highest BCUT2D eigenvalue weighted by atomic mass is 16.5. The normalized spacial score (nSPS) is 11.6. The van der Waals surface area contributed by atoms with Gasteiger partial charge < -0.3 is 10.1 Å². The third kappa shape index (κ3) is 5.38. The van der Waals surface area contributed by atoms with Crippen LogP contribution in [0, 0.1) is 6.92 Å². The minimum absolute atomic E-state index is 0.267. The lowest BCUT2D eigenvalue weighted by Gasteiger charge is -2.15. The van der Waals surface area contributed by atoms with Crippen molar-refractivity contribution < 1.29 is 19.1 Å². The summed E-state index contributed by atoms with van der Waals surface area (Å²) in [5, 5.41) is 2.55. The Morgan fingerprint density at radius 2 is 2.00 bits per heavy atom. The molecule has 0 bridgehead atoms. The van der Waals surface area contributed by atoms with Gasteiger partial charge in [0.25, 0.3) is 0 Å². The van der Waals surface area contributed by atoms with E-state index in [0.717, 1.165) is 12.0 Å². The lowest BCUT2D eigenvalue weighted by molar-refractivity contribution is -0.145. The van der Waals surface area contributed by atoms with Gasteiger partial charge >= 0.3 is 5.97 Å². The minimum Gasteiger partial charge on any atom is -0.467 e. The first-order valence-corrected chi connectivity index (χ1v) is 6.95. The Kier molecular flexibility index (Phi) is 6.59. The lowest BCUT2D eigenvalue weighted by Crippen LogP contribution is -2.42. The molecule has 1 aromatic rings. The molecule has 0 radical (unpaired) electrons. The predicted molar refractivity (Wildman–Crippen MR) is 79.0 cm³/mol. The van der Waals surface area contributed by atoms with Crippen LogP contribution < -0.4 is 5.32 Å². The molecule has 5 nitrogen and oxygen atoms in total. The molecule has 21 heavy (non-hydrogen) atoms. The molecule has 0 fully saturated rings. The number of carbonyl (C=O) groups is 3. The van der Waals surface area contributed by atoms with E-state index in [1.54, 1.807) is 18.2 Å². The minimum atomic E-state index is -0.696. The molecule has 5 heteroatoms. The summed E-state index contributed by atoms with van der Waals surface area (Å²) in [6.07, 6.45) is 0.934. The number of Topliss-reactive ketones (excluding diaryl/α,β-unsaturated/α-hetero) is 1. The van der Waals surface area contributed by atoms with E-state index >= 15 is 0 Å². The number of hydrogen-bond acceptors (Lipinski definition) is 4. The monoisotopic (exact) mass is 291 g/mol. The van der Waals surface area contributed by atoms with Crippen molar-refractivity contribution in [3.63, 3.8) is 0 Å². The van der Waals surface area contributed by atoms with Crippen LogP contribution in [0.5, 0.6) is 0 Å². The van der Waals surface area contributed by atoms with Gasteiger partial charge in [0.2, 0.25) is 5.91 Å². The summed E-state index contributed by atoms with van der Waals surface area (Å²) in [5.74, 6) is -1.23. The van der Waals surface area contributed by atoms with Crippen LogP contribution in [0.15, 0.2) is 24.3 Å². The molecule has 1 rings (SSSR count). The molecule has 1 amide bonds. The van der Waals surface area contributed by atoms with E-state index in [1.807, 2.05) is 19.9 Å². The molecule has 114 valence electrons. The van der Waals surface area contributed by atoms with E-state index in [9.17, 15) is 14.4 Å². The summed E-state index contributed by atoms with van der Waals surface area (Å²) in [7, 11) is 1.27. The molecular weight excluding hydrogens is 270 g/mol. The molecule has 0 aliphatic rings. The molecule has 0 aliphatic heterocycles. The van der Waals surface area contributed by atoms with Gasteiger partial charge in [0.05, 0.1) is 13.5 Å². The molecule has 0 aliphatic carbocycles. The fourth-order valence-electron chi connectivity index (χ4n) is 1.99. The highest BCUT2D eigenvalue weighted by Gasteiger charge is 2.21. The quantitative estimate of drug-likeness (QED) is 0.474. The maximum absolute atomic E-state index is 12.0. The fourth-order valence-corrected chi connectivity index (χ4v) is 1.99. The number of aryl methyl sites for hydroxylation is 1. The van der Waals surface area contributed by atoms with Gasteiger partial charge in [-0.05, 0) is 19.4 Å². The second-order valence-electron chi connectivity index (χ2n) is 4.90. The lowest BCUT2D eigenvalue weighted by atomic mass is 10.1. The molecule has 0 heterocycles. The van der Waals surface area contributed by atoms with Crippen molar-refractivity contribution in [3.8, 4) is 0 Å². The molecule has 0 saturated heterocycles. The fraction of sp³-hybridized carbons (Fsp3) is 0.438. The summed E-state index contributed by atoms with van der Waals surface area (Å²) < 4.78 is 4.63. The standard InChI is InChI=1S/C16H21NO4/c1-4-6-13(16(20)21-3)17-15(19)10-14(18)12-8-5-7-11(2)9-12/h5,7-9,13H,4,6,10H2,1-3H3,(H,17,19). The van der Waals surface area contributed by atoms with E-state index < -0.39 is 17.9 Å². The van der Waals surface area contributed by atoms with Gasteiger partial charge in [0.1, 0.15) is 6.04 Å². The third-order valence-electron chi connectivity index (χ3n) is 3.06. The number of ketones is 1. The number of hydrogen-bond donors (Lipinski definition) is 1. The Morgan fingerprint density at radius 1 is 1.29 bits per heavy atom. The van der Waals surface area contributed by atoms with E-state index in [-0.39, 0.29) is 12.2 Å². The zero-order chi connectivity index (χ0) is 15.8. The van der Waals surface area contributed by atoms with Crippen LogP contribution in [0.2, 0.25) is 0 Å². The van der Waals surface area contributed by atoms with Crippen molar-refractivity contribution in [2.24, 2.45) is 0 Å². The molecule has 1 atom stereocenters. The van der Waals surface area contributed by atoms with E-state index in [4.69, 9.17) is 0 Å². The van der Waals surface area contributed by atoms with E-state index in [0.29, 0.717) is 12.0 Å². The Hall–Kier alpha value is -2.17. The first-order valence-electron chi connectivity index (χ1n) is 6.95. The van der Waals surface area contributed by atoms with Crippen molar-refractivity contribution in [2.45, 2.75) is 39.2 Å². The second kappa shape index (κ2) is 8.19. The van der Waals surface area contributed by atoms with Crippen molar-refractivity contribution >= 4 is 17.7 Å². The van der Waals surface area contributed by atoms with Gasteiger partial charge in [-0.2, -0.15) is 0 Å². The zero-order valence-corrected chi connectivity index (χ0v) is 12.6. The van der Waals surface area contributed by atoms with Gasteiger partial charge in [-0.25, -0.2) is 4.79 Å². The summed E-state index contributed by atoms with van der Waals surface area (Å²) >= 11 is 0. The van der Waals surface area contributed by atoms with Crippen LogP contribution in [0.25, 0.3) is 0 Å². The molecule has 0 spiro atoms. The molecule has 1 aromatic carbocycles. The van der Waals surface area contributed by atoms with Gasteiger partial charge in [0, 0.05) is 5.56 Å². The van der Waals surface area contributed by atoms with E-state index in [2.05, 4.69) is 10.1 Å². The Balaban J connectivity index is 2.63. The molecule has 0 saturated carbocycles. The Labute approximate surface area is 124 Å². The molecule has 1 unspecified atom stereocenters. The largest absolute Gasteiger partial charge is 0.467 e. The number of carbonyl (C=O) groups excluding carboxylic acids is 3. The van der Waals surface area contributed by atoms with Crippen molar-refractivity contribution in [2.75, 3.05) is 7.11 Å². The summed E-state index contributed by atoms with van der Waals surface area (Å²) in [4.78, 5) is 35.4. The summed E-state index contributed by atoms with van der Waals surface area (Å²) in [5.41, 5.74) is 1.45. The number of rotatable bonds is 7. The van der Waals surface area contributed by atoms with Gasteiger partial charge in [0.15, 0.2) is 5.78 Å². The van der Waals surface area contributed by atoms with E-state index in [1.165, 1.54) is 7.11 Å². The van der Waals surface area contributed by atoms with Gasteiger partial charge in [-0.15, -0.1) is 0 Å². The first kappa shape index (κ1) is 16.9. The van der Waals surface area contributed by atoms with Crippen LogP contribution in [-0.4, -0.2) is 30.8 Å². The third-order valence-corrected chi connectivity index (χ3v) is 3.06. The maximum atomic E-state index is 12.0. The number of methoxy groups -OCH3 is 1. The first-order chi connectivity index (χ1) is 9.97. The summed E-state index contributed by atoms with van der Waals surface area (Å²) in [6, 6.07) is 6.37. The topological polar surface area (TPSA) is 72.5 Å². The summed E-state index contributed by atoms with van der Waals surface area (Å²) in [6.45, 7) is 3.78. The maximum Gasteiger partial charge on any atom is 0.328 e. The Bertz CT molecular complexity index is 525. The number of benzene rings is 1. The highest BCUT2D eigenvalue weighted by molar-refractivity contribution is 6.07. The van der Waals surface area contributed by atoms with Crippen LogP contribution in [0.3, 0.4) is 0 Å². The van der Waals surface area contributed by atoms with Gasteiger partial charge in [-0.1, -0.05) is 37.1 Å². The smallest absolute Gasteiger partial charge is 0.328 e. The molecular formula is C16H21NO4. The van der Waals surface area contributed by atoms with Crippen LogP contribution >= 0.6 is 0 Å². The van der Waals surface area contributed by atoms with Crippen LogP contribution in [0.1, 0.15) is 42.1 Å².